The van der Waals surface area contributed by atoms with Gasteiger partial charge in [-0.25, -0.2) is 13.6 Å². The molecular weight excluding hydrogens is 304 g/mol. The van der Waals surface area contributed by atoms with Gasteiger partial charge in [0, 0.05) is 6.08 Å². The van der Waals surface area contributed by atoms with Crippen LogP contribution in [0.5, 0.6) is 5.75 Å². The quantitative estimate of drug-likeness (QED) is 0.829. The minimum Gasteiger partial charge on any atom is -0.495 e. The Hall–Kier alpha value is -1.86. The summed E-state index contributed by atoms with van der Waals surface area (Å²) >= 11 is 0. The summed E-state index contributed by atoms with van der Waals surface area (Å²) in [4.78, 5) is 12.0. The summed E-state index contributed by atoms with van der Waals surface area (Å²) in [6.07, 6.45) is 6.85. The number of carbonyl (C=O) groups excluding carboxylic acids is 1. The molecule has 0 aliphatic heterocycles. The van der Waals surface area contributed by atoms with Crippen LogP contribution in [0.3, 0.4) is 0 Å². The van der Waals surface area contributed by atoms with Gasteiger partial charge in [-0.2, -0.15) is 0 Å². The highest BCUT2D eigenvalue weighted by Gasteiger charge is 2.14. The predicted molar refractivity (Wildman–Crippen MR) is 84.2 cm³/mol. The first-order chi connectivity index (χ1) is 10.4. The molecule has 1 aromatic rings. The largest absolute Gasteiger partial charge is 0.495 e. The van der Waals surface area contributed by atoms with Gasteiger partial charge >= 0.3 is 0 Å². The SMILES string of the molecule is COc1ccc(S(N)(=O)=O)cc1NC(=O)C=C1CCCCC1. The molecule has 1 saturated carbocycles. The average molecular weight is 324 g/mol. The molecule has 0 heterocycles. The van der Waals surface area contributed by atoms with E-state index in [1.165, 1.54) is 31.7 Å². The van der Waals surface area contributed by atoms with E-state index in [0.29, 0.717) is 5.75 Å². The number of nitrogens with one attached hydrogen (secondary N) is 1. The number of allylic oxidation sites excluding steroid dienone is 1. The molecule has 0 radical (unpaired) electrons. The molecule has 1 aliphatic rings. The third kappa shape index (κ3) is 4.32. The van der Waals surface area contributed by atoms with E-state index in [0.717, 1.165) is 31.3 Å². The zero-order chi connectivity index (χ0) is 16.2. The number of nitrogens with two attached hydrogens (primary N) is 1. The molecule has 120 valence electrons. The normalized spacial score (nSPS) is 15.3. The van der Waals surface area contributed by atoms with Gasteiger partial charge in [0.25, 0.3) is 0 Å². The van der Waals surface area contributed by atoms with Crippen molar-refractivity contribution in [2.45, 2.75) is 37.0 Å². The molecule has 0 spiro atoms. The second kappa shape index (κ2) is 6.93. The predicted octanol–water partition coefficient (Wildman–Crippen LogP) is 2.17. The van der Waals surface area contributed by atoms with E-state index in [9.17, 15) is 13.2 Å². The minimum atomic E-state index is -3.84. The van der Waals surface area contributed by atoms with Crippen molar-refractivity contribution < 1.29 is 17.9 Å². The van der Waals surface area contributed by atoms with Crippen molar-refractivity contribution in [2.75, 3.05) is 12.4 Å². The number of hydrogen-bond acceptors (Lipinski definition) is 4. The third-order valence-electron chi connectivity index (χ3n) is 3.59. The second-order valence-electron chi connectivity index (χ2n) is 5.26. The average Bonchev–Trinajstić information content (AvgIpc) is 2.47. The second-order valence-corrected chi connectivity index (χ2v) is 6.82. The molecule has 1 aromatic carbocycles. The fourth-order valence-corrected chi connectivity index (χ4v) is 3.01. The number of methoxy groups -OCH3 is 1. The van der Waals surface area contributed by atoms with Crippen LogP contribution in [0.1, 0.15) is 32.1 Å². The van der Waals surface area contributed by atoms with Crippen molar-refractivity contribution >= 4 is 21.6 Å². The highest BCUT2D eigenvalue weighted by Crippen LogP contribution is 2.28. The number of hydrogen-bond donors (Lipinski definition) is 2. The van der Waals surface area contributed by atoms with Crippen LogP contribution < -0.4 is 15.2 Å². The highest BCUT2D eigenvalue weighted by atomic mass is 32.2. The maximum atomic E-state index is 12.1. The number of carbonyl (C=O) groups is 1. The molecule has 0 saturated heterocycles. The van der Waals surface area contributed by atoms with E-state index in [2.05, 4.69) is 5.32 Å². The van der Waals surface area contributed by atoms with Crippen molar-refractivity contribution in [3.8, 4) is 5.75 Å². The van der Waals surface area contributed by atoms with Crippen LogP contribution in [0.15, 0.2) is 34.7 Å². The first kappa shape index (κ1) is 16.5. The van der Waals surface area contributed by atoms with E-state index in [-0.39, 0.29) is 16.5 Å². The number of benzene rings is 1. The fourth-order valence-electron chi connectivity index (χ4n) is 2.47. The monoisotopic (exact) mass is 324 g/mol. The van der Waals surface area contributed by atoms with Crippen LogP contribution in [0.4, 0.5) is 5.69 Å². The smallest absolute Gasteiger partial charge is 0.248 e. The summed E-state index contributed by atoms with van der Waals surface area (Å²) in [5.74, 6) is 0.0876. The van der Waals surface area contributed by atoms with E-state index in [4.69, 9.17) is 9.88 Å². The molecule has 1 amide bonds. The molecule has 6 nitrogen and oxygen atoms in total. The lowest BCUT2D eigenvalue weighted by Gasteiger charge is -2.14. The van der Waals surface area contributed by atoms with Crippen LogP contribution in [0.2, 0.25) is 0 Å². The van der Waals surface area contributed by atoms with Crippen molar-refractivity contribution in [3.63, 3.8) is 0 Å². The van der Waals surface area contributed by atoms with Crippen LogP contribution in [0, 0.1) is 0 Å². The van der Waals surface area contributed by atoms with E-state index < -0.39 is 10.0 Å². The summed E-state index contributed by atoms with van der Waals surface area (Å²) in [6.45, 7) is 0. The summed E-state index contributed by atoms with van der Waals surface area (Å²) in [5, 5.41) is 7.77. The van der Waals surface area contributed by atoms with Gasteiger partial charge in [-0.15, -0.1) is 0 Å². The lowest BCUT2D eigenvalue weighted by Crippen LogP contribution is -2.14. The van der Waals surface area contributed by atoms with Crippen molar-refractivity contribution in [1.82, 2.24) is 0 Å². The highest BCUT2D eigenvalue weighted by molar-refractivity contribution is 7.89. The van der Waals surface area contributed by atoms with Crippen molar-refractivity contribution in [3.05, 3.63) is 29.8 Å². The van der Waals surface area contributed by atoms with E-state index in [1.54, 1.807) is 6.08 Å². The number of primary sulfonamides is 1. The number of amides is 1. The van der Waals surface area contributed by atoms with Gasteiger partial charge in [-0.3, -0.25) is 4.79 Å². The Kier molecular flexibility index (Phi) is 5.20. The molecule has 0 atom stereocenters. The summed E-state index contributed by atoms with van der Waals surface area (Å²) < 4.78 is 27.9. The molecule has 7 heteroatoms. The summed E-state index contributed by atoms with van der Waals surface area (Å²) in [6, 6.07) is 4.10. The Bertz CT molecular complexity index is 687. The van der Waals surface area contributed by atoms with Crippen LogP contribution in [0.25, 0.3) is 0 Å². The minimum absolute atomic E-state index is 0.0751. The van der Waals surface area contributed by atoms with Gasteiger partial charge in [0.05, 0.1) is 17.7 Å². The molecule has 0 unspecified atom stereocenters. The Morgan fingerprint density at radius 1 is 1.27 bits per heavy atom. The maximum Gasteiger partial charge on any atom is 0.248 e. The molecule has 2 rings (SSSR count). The fraction of sp³-hybridized carbons (Fsp3) is 0.400. The molecule has 3 N–H and O–H groups in total. The van der Waals surface area contributed by atoms with Crippen molar-refractivity contribution in [2.24, 2.45) is 5.14 Å². The molecule has 0 bridgehead atoms. The van der Waals surface area contributed by atoms with Gasteiger partial charge in [-0.1, -0.05) is 12.0 Å². The first-order valence-electron chi connectivity index (χ1n) is 7.11. The molecule has 22 heavy (non-hydrogen) atoms. The zero-order valence-corrected chi connectivity index (χ0v) is 13.3. The van der Waals surface area contributed by atoms with Gasteiger partial charge in [0.1, 0.15) is 5.75 Å². The van der Waals surface area contributed by atoms with E-state index in [1.807, 2.05) is 0 Å². The topological polar surface area (TPSA) is 98.5 Å². The Labute approximate surface area is 130 Å². The lowest BCUT2D eigenvalue weighted by atomic mass is 9.94. The molecule has 1 aliphatic carbocycles. The lowest BCUT2D eigenvalue weighted by molar-refractivity contribution is -0.112. The van der Waals surface area contributed by atoms with Crippen LogP contribution in [-0.4, -0.2) is 21.4 Å². The molecular formula is C15H20N2O4S. The van der Waals surface area contributed by atoms with Gasteiger partial charge in [0.15, 0.2) is 0 Å². The van der Waals surface area contributed by atoms with E-state index >= 15 is 0 Å². The number of ether oxygens (including phenoxy) is 1. The van der Waals surface area contributed by atoms with Crippen LogP contribution >= 0.6 is 0 Å². The Balaban J connectivity index is 2.21. The van der Waals surface area contributed by atoms with Gasteiger partial charge < -0.3 is 10.1 Å². The standard InChI is InChI=1S/C15H20N2O4S/c1-21-14-8-7-12(22(16,19)20)10-13(14)17-15(18)9-11-5-3-2-4-6-11/h7-10H,2-6H2,1H3,(H,17,18)(H2,16,19,20). The summed E-state index contributed by atoms with van der Waals surface area (Å²) in [7, 11) is -2.39. The zero-order valence-electron chi connectivity index (χ0n) is 12.5. The number of anilines is 1. The Morgan fingerprint density at radius 2 is 1.95 bits per heavy atom. The van der Waals surface area contributed by atoms with Gasteiger partial charge in [0.2, 0.25) is 15.9 Å². The first-order valence-corrected chi connectivity index (χ1v) is 8.66. The Morgan fingerprint density at radius 3 is 2.55 bits per heavy atom. The number of sulfonamides is 1. The maximum absolute atomic E-state index is 12.1. The molecule has 1 fully saturated rings. The van der Waals surface area contributed by atoms with Gasteiger partial charge in [-0.05, 0) is 43.9 Å². The van der Waals surface area contributed by atoms with Crippen LogP contribution in [-0.2, 0) is 14.8 Å². The third-order valence-corrected chi connectivity index (χ3v) is 4.50. The molecule has 0 aromatic heterocycles. The number of rotatable bonds is 4. The summed E-state index contributed by atoms with van der Waals surface area (Å²) in [5.41, 5.74) is 1.40. The van der Waals surface area contributed by atoms with Crippen molar-refractivity contribution in [1.29, 1.82) is 0 Å².